The number of rotatable bonds is 4. The van der Waals surface area contributed by atoms with E-state index in [1.54, 1.807) is 4.90 Å². The minimum absolute atomic E-state index is 0.0382. The standard InChI is InChI=1S/C19H26N4O4S/c1-15-17(16-4-2-3-5-18(16)20-15)14-19(24)21-6-8-22(9-7-21)28(25,26)23-10-12-27-13-11-23/h2-5,20H,6-14H2,1H3. The Balaban J connectivity index is 1.39. The van der Waals surface area contributed by atoms with E-state index in [9.17, 15) is 13.2 Å². The van der Waals surface area contributed by atoms with Gasteiger partial charge in [-0.2, -0.15) is 17.0 Å². The molecule has 0 radical (unpaired) electrons. The minimum atomic E-state index is -3.48. The number of nitrogens with zero attached hydrogens (tertiary/aromatic N) is 3. The van der Waals surface area contributed by atoms with Crippen LogP contribution in [-0.4, -0.2) is 85.3 Å². The molecule has 1 amide bonds. The second-order valence-corrected chi connectivity index (χ2v) is 9.18. The highest BCUT2D eigenvalue weighted by atomic mass is 32.2. The number of aromatic amines is 1. The maximum Gasteiger partial charge on any atom is 0.282 e. The van der Waals surface area contributed by atoms with Crippen molar-refractivity contribution in [2.75, 3.05) is 52.5 Å². The smallest absolute Gasteiger partial charge is 0.282 e. The van der Waals surface area contributed by atoms with Crippen LogP contribution < -0.4 is 0 Å². The van der Waals surface area contributed by atoms with Crippen molar-refractivity contribution in [3.8, 4) is 0 Å². The van der Waals surface area contributed by atoms with Crippen molar-refractivity contribution in [2.24, 2.45) is 0 Å². The van der Waals surface area contributed by atoms with Crippen LogP contribution in [-0.2, 0) is 26.2 Å². The third-order valence-corrected chi connectivity index (χ3v) is 7.60. The summed E-state index contributed by atoms with van der Waals surface area (Å²) in [5, 5.41) is 1.07. The van der Waals surface area contributed by atoms with E-state index in [-0.39, 0.29) is 5.91 Å². The molecule has 4 rings (SSSR count). The maximum atomic E-state index is 12.8. The first-order valence-corrected chi connectivity index (χ1v) is 11.0. The number of ether oxygens (including phenoxy) is 1. The summed E-state index contributed by atoms with van der Waals surface area (Å²) in [6.07, 6.45) is 0.325. The average molecular weight is 407 g/mol. The van der Waals surface area contributed by atoms with Gasteiger partial charge in [0, 0.05) is 55.9 Å². The number of hydrogen-bond acceptors (Lipinski definition) is 4. The van der Waals surface area contributed by atoms with Crippen LogP contribution in [0.2, 0.25) is 0 Å². The van der Waals surface area contributed by atoms with Gasteiger partial charge < -0.3 is 14.6 Å². The lowest BCUT2D eigenvalue weighted by Crippen LogP contribution is -2.56. The summed E-state index contributed by atoms with van der Waals surface area (Å²) >= 11 is 0. The normalized spacial score (nSPS) is 20.0. The number of amides is 1. The molecule has 0 spiro atoms. The van der Waals surface area contributed by atoms with Gasteiger partial charge in [0.2, 0.25) is 5.91 Å². The van der Waals surface area contributed by atoms with Gasteiger partial charge in [-0.15, -0.1) is 0 Å². The fraction of sp³-hybridized carbons (Fsp3) is 0.526. The number of carbonyl (C=O) groups excluding carboxylic acids is 1. The van der Waals surface area contributed by atoms with Crippen LogP contribution in [0.1, 0.15) is 11.3 Å². The minimum Gasteiger partial charge on any atom is -0.379 e. The van der Waals surface area contributed by atoms with Gasteiger partial charge in [0.1, 0.15) is 0 Å². The van der Waals surface area contributed by atoms with E-state index < -0.39 is 10.2 Å². The van der Waals surface area contributed by atoms with Gasteiger partial charge in [-0.3, -0.25) is 4.79 Å². The molecule has 0 unspecified atom stereocenters. The van der Waals surface area contributed by atoms with E-state index in [0.29, 0.717) is 58.9 Å². The molecule has 2 saturated heterocycles. The molecule has 152 valence electrons. The zero-order valence-electron chi connectivity index (χ0n) is 16.1. The predicted octanol–water partition coefficient (Wildman–Crippen LogP) is 0.740. The number of carbonyl (C=O) groups is 1. The van der Waals surface area contributed by atoms with Crippen LogP contribution in [0, 0.1) is 6.92 Å². The van der Waals surface area contributed by atoms with E-state index in [0.717, 1.165) is 22.2 Å². The SMILES string of the molecule is Cc1[nH]c2ccccc2c1CC(=O)N1CCN(S(=O)(=O)N2CCOCC2)CC1. The van der Waals surface area contributed by atoms with Crippen LogP contribution in [0.25, 0.3) is 10.9 Å². The first-order chi connectivity index (χ1) is 13.5. The van der Waals surface area contributed by atoms with E-state index in [1.165, 1.54) is 8.61 Å². The number of morpholine rings is 1. The molecule has 0 bridgehead atoms. The monoisotopic (exact) mass is 406 g/mol. The molecule has 3 heterocycles. The first-order valence-electron chi connectivity index (χ1n) is 9.64. The summed E-state index contributed by atoms with van der Waals surface area (Å²) in [5.41, 5.74) is 3.05. The van der Waals surface area contributed by atoms with E-state index in [1.807, 2.05) is 31.2 Å². The Bertz CT molecular complexity index is 957. The van der Waals surface area contributed by atoms with Gasteiger partial charge in [0.25, 0.3) is 10.2 Å². The fourth-order valence-electron chi connectivity index (χ4n) is 3.93. The zero-order valence-corrected chi connectivity index (χ0v) is 16.9. The van der Waals surface area contributed by atoms with Crippen molar-refractivity contribution < 1.29 is 17.9 Å². The number of H-pyrrole nitrogens is 1. The summed E-state index contributed by atoms with van der Waals surface area (Å²) in [6.45, 7) is 5.13. The molecule has 8 nitrogen and oxygen atoms in total. The highest BCUT2D eigenvalue weighted by Gasteiger charge is 2.34. The highest BCUT2D eigenvalue weighted by molar-refractivity contribution is 7.86. The molecule has 0 saturated carbocycles. The molecule has 2 aliphatic heterocycles. The topological polar surface area (TPSA) is 86.0 Å². The average Bonchev–Trinajstić information content (AvgIpc) is 3.04. The number of nitrogens with one attached hydrogen (secondary N) is 1. The molecule has 0 atom stereocenters. The van der Waals surface area contributed by atoms with Crippen molar-refractivity contribution in [3.63, 3.8) is 0 Å². The van der Waals surface area contributed by atoms with Crippen molar-refractivity contribution in [1.29, 1.82) is 0 Å². The largest absolute Gasteiger partial charge is 0.379 e. The molecular formula is C19H26N4O4S. The number of fused-ring (bicyclic) bond motifs is 1. The summed E-state index contributed by atoms with van der Waals surface area (Å²) in [7, 11) is -3.48. The number of piperazine rings is 1. The van der Waals surface area contributed by atoms with Gasteiger partial charge in [-0.05, 0) is 18.6 Å². The van der Waals surface area contributed by atoms with Crippen LogP contribution in [0.15, 0.2) is 24.3 Å². The Hall–Kier alpha value is -1.94. The number of aryl methyl sites for hydroxylation is 1. The fourth-order valence-corrected chi connectivity index (χ4v) is 5.50. The van der Waals surface area contributed by atoms with Crippen LogP contribution in [0.4, 0.5) is 0 Å². The molecule has 28 heavy (non-hydrogen) atoms. The molecule has 9 heteroatoms. The molecule has 1 aromatic carbocycles. The van der Waals surface area contributed by atoms with Crippen molar-refractivity contribution >= 4 is 27.0 Å². The summed E-state index contributed by atoms with van der Waals surface area (Å²) < 4.78 is 33.7. The third kappa shape index (κ3) is 3.67. The molecule has 2 fully saturated rings. The van der Waals surface area contributed by atoms with Crippen LogP contribution in [0.5, 0.6) is 0 Å². The molecule has 2 aromatic rings. The predicted molar refractivity (Wildman–Crippen MR) is 106 cm³/mol. The summed E-state index contributed by atoms with van der Waals surface area (Å²) in [6, 6.07) is 7.97. The highest BCUT2D eigenvalue weighted by Crippen LogP contribution is 2.23. The van der Waals surface area contributed by atoms with E-state index in [4.69, 9.17) is 4.74 Å². The second kappa shape index (κ2) is 7.82. The Morgan fingerprint density at radius 1 is 1.04 bits per heavy atom. The zero-order chi connectivity index (χ0) is 19.7. The van der Waals surface area contributed by atoms with Gasteiger partial charge in [0.15, 0.2) is 0 Å². The summed E-state index contributed by atoms with van der Waals surface area (Å²) in [5.74, 6) is 0.0382. The summed E-state index contributed by atoms with van der Waals surface area (Å²) in [4.78, 5) is 17.9. The lowest BCUT2D eigenvalue weighted by Gasteiger charge is -2.37. The number of hydrogen-bond donors (Lipinski definition) is 1. The molecule has 1 N–H and O–H groups in total. The Morgan fingerprint density at radius 2 is 1.68 bits per heavy atom. The second-order valence-electron chi connectivity index (χ2n) is 7.25. The van der Waals surface area contributed by atoms with Crippen LogP contribution in [0.3, 0.4) is 0 Å². The van der Waals surface area contributed by atoms with Crippen molar-refractivity contribution in [1.82, 2.24) is 18.5 Å². The first kappa shape index (κ1) is 19.4. The molecular weight excluding hydrogens is 380 g/mol. The lowest BCUT2D eigenvalue weighted by atomic mass is 10.1. The number of para-hydroxylation sites is 1. The van der Waals surface area contributed by atoms with Crippen molar-refractivity contribution in [3.05, 3.63) is 35.5 Å². The van der Waals surface area contributed by atoms with Gasteiger partial charge >= 0.3 is 0 Å². The number of aromatic nitrogens is 1. The maximum absolute atomic E-state index is 12.8. The molecule has 2 aliphatic rings. The van der Waals surface area contributed by atoms with E-state index >= 15 is 0 Å². The lowest BCUT2D eigenvalue weighted by molar-refractivity contribution is -0.131. The molecule has 1 aromatic heterocycles. The van der Waals surface area contributed by atoms with Gasteiger partial charge in [0.05, 0.1) is 19.6 Å². The van der Waals surface area contributed by atoms with Crippen molar-refractivity contribution in [2.45, 2.75) is 13.3 Å². The van der Waals surface area contributed by atoms with Gasteiger partial charge in [-0.25, -0.2) is 0 Å². The van der Waals surface area contributed by atoms with Crippen LogP contribution >= 0.6 is 0 Å². The Morgan fingerprint density at radius 3 is 2.39 bits per heavy atom. The Kier molecular flexibility index (Phi) is 5.42. The quantitative estimate of drug-likeness (QED) is 0.812. The third-order valence-electron chi connectivity index (χ3n) is 5.57. The Labute approximate surface area is 165 Å². The number of benzene rings is 1. The van der Waals surface area contributed by atoms with Gasteiger partial charge in [-0.1, -0.05) is 18.2 Å². The molecule has 0 aliphatic carbocycles. The van der Waals surface area contributed by atoms with E-state index in [2.05, 4.69) is 4.98 Å².